The van der Waals surface area contributed by atoms with E-state index < -0.39 is 0 Å². The van der Waals surface area contributed by atoms with Gasteiger partial charge in [0.15, 0.2) is 0 Å². The van der Waals surface area contributed by atoms with E-state index in [4.69, 9.17) is 0 Å². The van der Waals surface area contributed by atoms with Gasteiger partial charge in [-0.3, -0.25) is 9.78 Å². The van der Waals surface area contributed by atoms with Crippen LogP contribution in [-0.2, 0) is 4.79 Å². The summed E-state index contributed by atoms with van der Waals surface area (Å²) in [6.07, 6.45) is 5.05. The Balaban J connectivity index is 2.40. The van der Waals surface area contributed by atoms with Crippen molar-refractivity contribution in [1.82, 2.24) is 10.3 Å². The molecule has 1 aromatic rings. The first-order valence-electron chi connectivity index (χ1n) is 5.79. The van der Waals surface area contributed by atoms with Crippen molar-refractivity contribution in [3.63, 3.8) is 0 Å². The van der Waals surface area contributed by atoms with Crippen LogP contribution in [-0.4, -0.2) is 10.9 Å². The van der Waals surface area contributed by atoms with Gasteiger partial charge in [-0.05, 0) is 30.9 Å². The van der Waals surface area contributed by atoms with Gasteiger partial charge in [0.05, 0.1) is 6.04 Å². The summed E-state index contributed by atoms with van der Waals surface area (Å²) in [7, 11) is 0. The van der Waals surface area contributed by atoms with Crippen LogP contribution >= 0.6 is 0 Å². The van der Waals surface area contributed by atoms with Crippen molar-refractivity contribution >= 4 is 5.91 Å². The number of aromatic nitrogens is 1. The van der Waals surface area contributed by atoms with Gasteiger partial charge in [-0.25, -0.2) is 0 Å². The molecule has 0 aliphatic heterocycles. The number of pyridine rings is 1. The summed E-state index contributed by atoms with van der Waals surface area (Å²) in [5, 5.41) is 2.97. The van der Waals surface area contributed by atoms with Gasteiger partial charge in [-0.2, -0.15) is 0 Å². The van der Waals surface area contributed by atoms with E-state index in [-0.39, 0.29) is 11.9 Å². The van der Waals surface area contributed by atoms with Crippen LogP contribution in [0.4, 0.5) is 0 Å². The second kappa shape index (κ2) is 6.26. The van der Waals surface area contributed by atoms with Crippen molar-refractivity contribution in [2.45, 2.75) is 39.7 Å². The predicted molar refractivity (Wildman–Crippen MR) is 64.9 cm³/mol. The van der Waals surface area contributed by atoms with E-state index in [0.29, 0.717) is 12.3 Å². The molecule has 0 aliphatic rings. The summed E-state index contributed by atoms with van der Waals surface area (Å²) < 4.78 is 0. The maximum Gasteiger partial charge on any atom is 0.220 e. The topological polar surface area (TPSA) is 42.0 Å². The first-order chi connectivity index (χ1) is 7.59. The highest BCUT2D eigenvalue weighted by molar-refractivity contribution is 5.76. The summed E-state index contributed by atoms with van der Waals surface area (Å²) >= 11 is 0. The maximum atomic E-state index is 11.6. The van der Waals surface area contributed by atoms with Crippen LogP contribution in [0.15, 0.2) is 24.5 Å². The molecule has 1 N–H and O–H groups in total. The lowest BCUT2D eigenvalue weighted by Gasteiger charge is -2.14. The molecule has 0 spiro atoms. The summed E-state index contributed by atoms with van der Waals surface area (Å²) in [4.78, 5) is 15.6. The minimum absolute atomic E-state index is 0.0355. The van der Waals surface area contributed by atoms with Crippen LogP contribution in [0.25, 0.3) is 0 Å². The Morgan fingerprint density at radius 1 is 1.44 bits per heavy atom. The number of rotatable bonds is 5. The molecule has 0 unspecified atom stereocenters. The third-order valence-corrected chi connectivity index (χ3v) is 2.51. The Hall–Kier alpha value is -1.38. The molecule has 0 saturated heterocycles. The van der Waals surface area contributed by atoms with Crippen molar-refractivity contribution in [2.75, 3.05) is 0 Å². The molecule has 1 rings (SSSR count). The van der Waals surface area contributed by atoms with Gasteiger partial charge in [0.2, 0.25) is 5.91 Å². The average molecular weight is 220 g/mol. The SMILES string of the molecule is CC(C)CCC(=O)N[C@H](C)c1cccnc1. The number of amides is 1. The van der Waals surface area contributed by atoms with E-state index in [9.17, 15) is 4.79 Å². The molecule has 3 heteroatoms. The van der Waals surface area contributed by atoms with Crippen LogP contribution in [0.5, 0.6) is 0 Å². The molecule has 1 atom stereocenters. The number of hydrogen-bond donors (Lipinski definition) is 1. The largest absolute Gasteiger partial charge is 0.350 e. The van der Waals surface area contributed by atoms with Crippen molar-refractivity contribution in [2.24, 2.45) is 5.92 Å². The van der Waals surface area contributed by atoms with Gasteiger partial charge in [0, 0.05) is 18.8 Å². The van der Waals surface area contributed by atoms with Crippen molar-refractivity contribution in [1.29, 1.82) is 0 Å². The fraction of sp³-hybridized carbons (Fsp3) is 0.538. The van der Waals surface area contributed by atoms with Gasteiger partial charge in [-0.1, -0.05) is 19.9 Å². The first-order valence-corrected chi connectivity index (χ1v) is 5.79. The smallest absolute Gasteiger partial charge is 0.220 e. The molecular formula is C13H20N2O. The summed E-state index contributed by atoms with van der Waals surface area (Å²) in [5.74, 6) is 0.685. The second-order valence-electron chi connectivity index (χ2n) is 4.51. The van der Waals surface area contributed by atoms with Crippen molar-refractivity contribution < 1.29 is 4.79 Å². The van der Waals surface area contributed by atoms with Gasteiger partial charge in [0.25, 0.3) is 0 Å². The molecule has 1 amide bonds. The van der Waals surface area contributed by atoms with Gasteiger partial charge < -0.3 is 5.32 Å². The Labute approximate surface area is 97.3 Å². The van der Waals surface area contributed by atoms with Crippen LogP contribution in [0, 0.1) is 5.92 Å². The fourth-order valence-corrected chi connectivity index (χ4v) is 1.45. The molecule has 88 valence electrons. The van der Waals surface area contributed by atoms with Crippen LogP contribution in [0.2, 0.25) is 0 Å². The van der Waals surface area contributed by atoms with E-state index in [1.807, 2.05) is 19.1 Å². The lowest BCUT2D eigenvalue weighted by atomic mass is 10.1. The molecule has 0 aromatic carbocycles. The monoisotopic (exact) mass is 220 g/mol. The zero-order valence-corrected chi connectivity index (χ0v) is 10.2. The first kappa shape index (κ1) is 12.7. The highest BCUT2D eigenvalue weighted by atomic mass is 16.1. The summed E-state index contributed by atoms with van der Waals surface area (Å²) in [5.41, 5.74) is 1.04. The lowest BCUT2D eigenvalue weighted by molar-refractivity contribution is -0.122. The highest BCUT2D eigenvalue weighted by Crippen LogP contribution is 2.11. The Morgan fingerprint density at radius 3 is 2.75 bits per heavy atom. The maximum absolute atomic E-state index is 11.6. The minimum Gasteiger partial charge on any atom is -0.350 e. The Bertz CT molecular complexity index is 322. The number of nitrogens with one attached hydrogen (secondary N) is 1. The number of hydrogen-bond acceptors (Lipinski definition) is 2. The fourth-order valence-electron chi connectivity index (χ4n) is 1.45. The van der Waals surface area contributed by atoms with E-state index in [1.165, 1.54) is 0 Å². The standard InChI is InChI=1S/C13H20N2O/c1-10(2)6-7-13(16)15-11(3)12-5-4-8-14-9-12/h4-5,8-11H,6-7H2,1-3H3,(H,15,16)/t11-/m1/s1. The van der Waals surface area contributed by atoms with Crippen molar-refractivity contribution in [3.8, 4) is 0 Å². The zero-order chi connectivity index (χ0) is 12.0. The van der Waals surface area contributed by atoms with Gasteiger partial charge in [-0.15, -0.1) is 0 Å². The third kappa shape index (κ3) is 4.43. The predicted octanol–water partition coefficient (Wildman–Crippen LogP) is 2.70. The molecule has 0 radical (unpaired) electrons. The quantitative estimate of drug-likeness (QED) is 0.829. The van der Waals surface area contributed by atoms with E-state index in [2.05, 4.69) is 24.1 Å². The number of carbonyl (C=O) groups excluding carboxylic acids is 1. The van der Waals surface area contributed by atoms with Crippen LogP contribution in [0.3, 0.4) is 0 Å². The van der Waals surface area contributed by atoms with Crippen LogP contribution < -0.4 is 5.32 Å². The minimum atomic E-state index is 0.0355. The molecule has 0 bridgehead atoms. The Morgan fingerprint density at radius 2 is 2.19 bits per heavy atom. The highest BCUT2D eigenvalue weighted by Gasteiger charge is 2.09. The van der Waals surface area contributed by atoms with Gasteiger partial charge >= 0.3 is 0 Å². The molecule has 0 fully saturated rings. The normalized spacial score (nSPS) is 12.5. The molecule has 1 aromatic heterocycles. The van der Waals surface area contributed by atoms with E-state index in [0.717, 1.165) is 12.0 Å². The summed E-state index contributed by atoms with van der Waals surface area (Å²) in [6, 6.07) is 3.89. The average Bonchev–Trinajstić information content (AvgIpc) is 2.27. The molecule has 0 saturated carbocycles. The van der Waals surface area contributed by atoms with Crippen molar-refractivity contribution in [3.05, 3.63) is 30.1 Å². The Kier molecular flexibility index (Phi) is 4.96. The third-order valence-electron chi connectivity index (χ3n) is 2.51. The zero-order valence-electron chi connectivity index (χ0n) is 10.2. The van der Waals surface area contributed by atoms with Crippen LogP contribution in [0.1, 0.15) is 45.2 Å². The molecule has 1 heterocycles. The lowest BCUT2D eigenvalue weighted by Crippen LogP contribution is -2.26. The number of nitrogens with zero attached hydrogens (tertiary/aromatic N) is 1. The number of carbonyl (C=O) groups is 1. The van der Waals surface area contributed by atoms with E-state index >= 15 is 0 Å². The molecule has 0 aliphatic carbocycles. The van der Waals surface area contributed by atoms with E-state index in [1.54, 1.807) is 12.4 Å². The second-order valence-corrected chi connectivity index (χ2v) is 4.51. The van der Waals surface area contributed by atoms with Gasteiger partial charge in [0.1, 0.15) is 0 Å². The molecule has 16 heavy (non-hydrogen) atoms. The molecular weight excluding hydrogens is 200 g/mol. The summed E-state index contributed by atoms with van der Waals surface area (Å²) in [6.45, 7) is 6.22. The molecule has 3 nitrogen and oxygen atoms in total.